The fraction of sp³-hybridized carbons (Fsp3) is 0.143. The van der Waals surface area contributed by atoms with Crippen molar-refractivity contribution in [3.63, 3.8) is 0 Å². The van der Waals surface area contributed by atoms with Crippen molar-refractivity contribution in [1.82, 2.24) is 4.98 Å². The Morgan fingerprint density at radius 2 is 1.48 bits per heavy atom. The Morgan fingerprint density at radius 1 is 0.840 bits per heavy atom. The number of rotatable bonds is 2. The number of benzene rings is 2. The first-order valence-electron chi connectivity index (χ1n) is 8.27. The van der Waals surface area contributed by atoms with Crippen LogP contribution in [0.5, 0.6) is 5.75 Å². The molecule has 3 aromatic rings. The number of aromatic hydroxyl groups is 1. The minimum atomic E-state index is -0.371. The number of ketones is 1. The van der Waals surface area contributed by atoms with Crippen molar-refractivity contribution in [2.75, 3.05) is 0 Å². The fourth-order valence-corrected chi connectivity index (χ4v) is 3.57. The van der Waals surface area contributed by atoms with Gasteiger partial charge in [0.25, 0.3) is 5.56 Å². The molecule has 1 aliphatic carbocycles. The number of pyridine rings is 1. The average molecular weight is 331 g/mol. The van der Waals surface area contributed by atoms with Gasteiger partial charge in [-0.1, -0.05) is 60.7 Å². The third-order valence-electron chi connectivity index (χ3n) is 4.76. The number of fused-ring (bicyclic) bond motifs is 1. The van der Waals surface area contributed by atoms with Gasteiger partial charge in [-0.2, -0.15) is 0 Å². The van der Waals surface area contributed by atoms with E-state index in [4.69, 9.17) is 0 Å². The van der Waals surface area contributed by atoms with Gasteiger partial charge in [-0.3, -0.25) is 9.59 Å². The van der Waals surface area contributed by atoms with Gasteiger partial charge in [0.15, 0.2) is 5.78 Å². The number of aromatic amines is 1. The first kappa shape index (κ1) is 15.4. The van der Waals surface area contributed by atoms with Gasteiger partial charge < -0.3 is 10.1 Å². The molecule has 0 unspecified atom stereocenters. The maximum atomic E-state index is 12.7. The summed E-state index contributed by atoms with van der Waals surface area (Å²) in [5.41, 5.74) is 2.23. The molecule has 0 aliphatic heterocycles. The molecular weight excluding hydrogens is 314 g/mol. The van der Waals surface area contributed by atoms with E-state index in [0.29, 0.717) is 24.1 Å². The smallest absolute Gasteiger partial charge is 0.259 e. The first-order chi connectivity index (χ1) is 12.1. The van der Waals surface area contributed by atoms with Crippen LogP contribution in [-0.2, 0) is 6.42 Å². The van der Waals surface area contributed by atoms with Gasteiger partial charge >= 0.3 is 0 Å². The Bertz CT molecular complexity index is 991. The second-order valence-electron chi connectivity index (χ2n) is 6.34. The van der Waals surface area contributed by atoms with E-state index in [9.17, 15) is 14.7 Å². The van der Waals surface area contributed by atoms with Crippen LogP contribution in [0.2, 0.25) is 0 Å². The molecule has 0 saturated heterocycles. The van der Waals surface area contributed by atoms with Crippen molar-refractivity contribution in [3.05, 3.63) is 87.8 Å². The molecule has 0 fully saturated rings. The normalized spacial score (nSPS) is 16.5. The van der Waals surface area contributed by atoms with Gasteiger partial charge in [-0.05, 0) is 23.5 Å². The first-order valence-corrected chi connectivity index (χ1v) is 8.27. The van der Waals surface area contributed by atoms with E-state index >= 15 is 0 Å². The van der Waals surface area contributed by atoms with Crippen molar-refractivity contribution >= 4 is 5.78 Å². The zero-order valence-electron chi connectivity index (χ0n) is 13.5. The molecule has 0 amide bonds. The molecule has 124 valence electrons. The van der Waals surface area contributed by atoms with Crippen LogP contribution in [0.4, 0.5) is 0 Å². The summed E-state index contributed by atoms with van der Waals surface area (Å²) in [7, 11) is 0. The Hall–Kier alpha value is -3.14. The highest BCUT2D eigenvalue weighted by Crippen LogP contribution is 2.38. The summed E-state index contributed by atoms with van der Waals surface area (Å²) in [4.78, 5) is 28.1. The third-order valence-corrected chi connectivity index (χ3v) is 4.76. The Kier molecular flexibility index (Phi) is 3.73. The van der Waals surface area contributed by atoms with Crippen molar-refractivity contribution in [2.24, 2.45) is 0 Å². The number of hydrogen-bond acceptors (Lipinski definition) is 3. The molecule has 2 aromatic carbocycles. The molecule has 1 atom stereocenters. The summed E-state index contributed by atoms with van der Waals surface area (Å²) < 4.78 is 0. The van der Waals surface area contributed by atoms with E-state index in [0.717, 1.165) is 5.56 Å². The predicted octanol–water partition coefficient (Wildman–Crippen LogP) is 3.66. The van der Waals surface area contributed by atoms with Crippen LogP contribution >= 0.6 is 0 Å². The molecule has 0 saturated carbocycles. The standard InChI is InChI=1S/C21H17NO3/c23-17-12-15(13-7-3-1-4-8-13)11-16-19(17)20(24)18(21(25)22-16)14-9-5-2-6-10-14/h1-10,15H,11-12H2,(H2,22,24,25)/t15-/m1/s1. The van der Waals surface area contributed by atoms with Crippen molar-refractivity contribution in [1.29, 1.82) is 0 Å². The minimum absolute atomic E-state index is 0.0128. The monoisotopic (exact) mass is 331 g/mol. The molecule has 0 radical (unpaired) electrons. The summed E-state index contributed by atoms with van der Waals surface area (Å²) in [5.74, 6) is -0.332. The Balaban J connectivity index is 1.83. The lowest BCUT2D eigenvalue weighted by atomic mass is 9.80. The van der Waals surface area contributed by atoms with Crippen LogP contribution in [0.15, 0.2) is 65.5 Å². The summed E-state index contributed by atoms with van der Waals surface area (Å²) >= 11 is 0. The van der Waals surface area contributed by atoms with Gasteiger partial charge in [-0.15, -0.1) is 0 Å². The lowest BCUT2D eigenvalue weighted by molar-refractivity contribution is 0.0960. The average Bonchev–Trinajstić information content (AvgIpc) is 2.62. The highest BCUT2D eigenvalue weighted by atomic mass is 16.3. The van der Waals surface area contributed by atoms with Crippen LogP contribution in [0, 0.1) is 0 Å². The Labute approximate surface area is 144 Å². The largest absolute Gasteiger partial charge is 0.506 e. The van der Waals surface area contributed by atoms with E-state index in [-0.39, 0.29) is 34.1 Å². The minimum Gasteiger partial charge on any atom is -0.506 e. The maximum Gasteiger partial charge on any atom is 0.259 e. The number of nitrogens with one attached hydrogen (secondary N) is 1. The summed E-state index contributed by atoms with van der Waals surface area (Å²) in [6.45, 7) is 0. The van der Waals surface area contributed by atoms with Gasteiger partial charge in [0.2, 0.25) is 0 Å². The predicted molar refractivity (Wildman–Crippen MR) is 96.0 cm³/mol. The number of Topliss-reactive ketones (excluding diaryl/α,β-unsaturated/α-hetero) is 1. The molecule has 1 aromatic heterocycles. The number of H-pyrrole nitrogens is 1. The summed E-state index contributed by atoms with van der Waals surface area (Å²) in [5, 5.41) is 10.7. The van der Waals surface area contributed by atoms with Gasteiger partial charge in [0, 0.05) is 12.1 Å². The van der Waals surface area contributed by atoms with Crippen molar-refractivity contribution in [2.45, 2.75) is 18.8 Å². The van der Waals surface area contributed by atoms with E-state index in [2.05, 4.69) is 4.98 Å². The molecule has 4 nitrogen and oxygen atoms in total. The van der Waals surface area contributed by atoms with Crippen LogP contribution in [0.3, 0.4) is 0 Å². The highest BCUT2D eigenvalue weighted by Gasteiger charge is 2.31. The molecule has 0 spiro atoms. The third kappa shape index (κ3) is 2.66. The molecule has 1 aliphatic rings. The molecular formula is C21H17NO3. The molecule has 4 heteroatoms. The number of carbonyl (C=O) groups is 1. The quantitative estimate of drug-likeness (QED) is 0.753. The zero-order valence-corrected chi connectivity index (χ0v) is 13.5. The van der Waals surface area contributed by atoms with Gasteiger partial charge in [-0.25, -0.2) is 0 Å². The zero-order chi connectivity index (χ0) is 17.4. The lowest BCUT2D eigenvalue weighted by Gasteiger charge is -2.25. The molecule has 25 heavy (non-hydrogen) atoms. The summed E-state index contributed by atoms with van der Waals surface area (Å²) in [6.07, 6.45) is 0.855. The second-order valence-corrected chi connectivity index (χ2v) is 6.34. The SMILES string of the molecule is O=C1C[C@H](c2ccccc2)Cc2[nH]c(=O)c(-c3ccccc3)c(O)c21. The van der Waals surface area contributed by atoms with E-state index in [1.807, 2.05) is 36.4 Å². The topological polar surface area (TPSA) is 70.2 Å². The van der Waals surface area contributed by atoms with Crippen LogP contribution in [0.1, 0.15) is 34.0 Å². The summed E-state index contributed by atoms with van der Waals surface area (Å²) in [6, 6.07) is 18.7. The molecule has 4 rings (SSSR count). The lowest BCUT2D eigenvalue weighted by Crippen LogP contribution is -2.25. The van der Waals surface area contributed by atoms with Crippen molar-refractivity contribution < 1.29 is 9.90 Å². The van der Waals surface area contributed by atoms with Crippen molar-refractivity contribution in [3.8, 4) is 16.9 Å². The van der Waals surface area contributed by atoms with Crippen LogP contribution < -0.4 is 5.56 Å². The highest BCUT2D eigenvalue weighted by molar-refractivity contribution is 6.03. The van der Waals surface area contributed by atoms with E-state index in [1.54, 1.807) is 24.3 Å². The Morgan fingerprint density at radius 3 is 2.16 bits per heavy atom. The molecule has 1 heterocycles. The fourth-order valence-electron chi connectivity index (χ4n) is 3.57. The van der Waals surface area contributed by atoms with Crippen LogP contribution in [0.25, 0.3) is 11.1 Å². The number of aromatic nitrogens is 1. The van der Waals surface area contributed by atoms with Crippen LogP contribution in [-0.4, -0.2) is 15.9 Å². The molecule has 2 N–H and O–H groups in total. The van der Waals surface area contributed by atoms with E-state index < -0.39 is 0 Å². The number of hydrogen-bond donors (Lipinski definition) is 2. The van der Waals surface area contributed by atoms with Gasteiger partial charge in [0.1, 0.15) is 5.75 Å². The maximum absolute atomic E-state index is 12.7. The van der Waals surface area contributed by atoms with E-state index in [1.165, 1.54) is 0 Å². The van der Waals surface area contributed by atoms with Gasteiger partial charge in [0.05, 0.1) is 11.1 Å². The second kappa shape index (κ2) is 6.06. The number of carbonyl (C=O) groups excluding carboxylic acids is 1. The molecule has 0 bridgehead atoms.